The second-order valence-electron chi connectivity index (χ2n) is 5.63. The second-order valence-corrected chi connectivity index (χ2v) is 6.63. The third kappa shape index (κ3) is 3.44. The quantitative estimate of drug-likeness (QED) is 0.902. The summed E-state index contributed by atoms with van der Waals surface area (Å²) in [4.78, 5) is 10.1. The van der Waals surface area contributed by atoms with Gasteiger partial charge in [0.1, 0.15) is 17.5 Å². The van der Waals surface area contributed by atoms with Crippen LogP contribution in [0.2, 0.25) is 0 Å². The number of nitrogens with zero attached hydrogens (tertiary/aromatic N) is 2. The van der Waals surface area contributed by atoms with E-state index in [1.807, 2.05) is 0 Å². The van der Waals surface area contributed by atoms with Gasteiger partial charge in [-0.3, -0.25) is 0 Å². The van der Waals surface area contributed by atoms with Gasteiger partial charge in [-0.15, -0.1) is 11.3 Å². The minimum absolute atomic E-state index is 0.106. The molecule has 0 aliphatic carbocycles. The van der Waals surface area contributed by atoms with Crippen molar-refractivity contribution in [1.29, 1.82) is 0 Å². The van der Waals surface area contributed by atoms with Crippen molar-refractivity contribution < 1.29 is 0 Å². The number of aryl methyl sites for hydroxylation is 1. The maximum atomic E-state index is 5.85. The zero-order valence-corrected chi connectivity index (χ0v) is 12.6. The van der Waals surface area contributed by atoms with Crippen LogP contribution < -0.4 is 11.1 Å². The first-order chi connectivity index (χ1) is 8.86. The average molecular weight is 276 g/mol. The van der Waals surface area contributed by atoms with Crippen LogP contribution in [0.4, 0.5) is 11.6 Å². The summed E-state index contributed by atoms with van der Waals surface area (Å²) in [6, 6.07) is 3.90. The third-order valence-corrected chi connectivity index (χ3v) is 3.84. The van der Waals surface area contributed by atoms with Crippen LogP contribution in [0.15, 0.2) is 17.5 Å². The van der Waals surface area contributed by atoms with E-state index in [0.29, 0.717) is 5.82 Å². The number of nitrogens with two attached hydrogens (primary N) is 1. The van der Waals surface area contributed by atoms with Crippen LogP contribution in [0.3, 0.4) is 0 Å². The monoisotopic (exact) mass is 276 g/mol. The molecule has 0 unspecified atom stereocenters. The normalized spacial score (nSPS) is 11.6. The number of nitrogens with one attached hydrogen (secondary N) is 1. The van der Waals surface area contributed by atoms with Gasteiger partial charge in [0.25, 0.3) is 0 Å². The van der Waals surface area contributed by atoms with Crippen molar-refractivity contribution in [1.82, 2.24) is 9.97 Å². The largest absolute Gasteiger partial charge is 0.384 e. The predicted molar refractivity (Wildman–Crippen MR) is 81.5 cm³/mol. The van der Waals surface area contributed by atoms with Gasteiger partial charge in [-0.25, -0.2) is 9.97 Å². The Labute approximate surface area is 118 Å². The van der Waals surface area contributed by atoms with Crippen LogP contribution in [-0.2, 0) is 12.0 Å². The highest BCUT2D eigenvalue weighted by atomic mass is 32.1. The molecule has 0 aliphatic heterocycles. The molecule has 3 N–H and O–H groups in total. The van der Waals surface area contributed by atoms with Crippen molar-refractivity contribution in [3.05, 3.63) is 33.8 Å². The lowest BCUT2D eigenvalue weighted by Crippen LogP contribution is -2.18. The Morgan fingerprint density at radius 3 is 2.63 bits per heavy atom. The van der Waals surface area contributed by atoms with E-state index < -0.39 is 0 Å². The zero-order chi connectivity index (χ0) is 14.0. The van der Waals surface area contributed by atoms with E-state index in [1.54, 1.807) is 17.4 Å². The van der Waals surface area contributed by atoms with Gasteiger partial charge < -0.3 is 11.1 Å². The van der Waals surface area contributed by atoms with Gasteiger partial charge in [-0.1, -0.05) is 20.8 Å². The summed E-state index contributed by atoms with van der Waals surface area (Å²) in [5.74, 6) is 2.05. The van der Waals surface area contributed by atoms with E-state index >= 15 is 0 Å². The van der Waals surface area contributed by atoms with Crippen LogP contribution in [0.1, 0.15) is 37.0 Å². The minimum atomic E-state index is -0.106. The third-order valence-electron chi connectivity index (χ3n) is 2.82. The van der Waals surface area contributed by atoms with Crippen molar-refractivity contribution in [3.8, 4) is 0 Å². The first kappa shape index (κ1) is 13.8. The van der Waals surface area contributed by atoms with Gasteiger partial charge in [0, 0.05) is 16.4 Å². The standard InChI is InChI=1S/C14H20N4S/c1-9-5-6-19-10(9)8-16-12-7-11(15)17-13(18-12)14(2,3)4/h5-7H,8H2,1-4H3,(H3,15,16,17,18). The van der Waals surface area contributed by atoms with Gasteiger partial charge in [-0.05, 0) is 23.9 Å². The number of thiophene rings is 1. The predicted octanol–water partition coefficient (Wildman–Crippen LogP) is 3.34. The lowest BCUT2D eigenvalue weighted by Gasteiger charge is -2.18. The number of hydrogen-bond acceptors (Lipinski definition) is 5. The van der Waals surface area contributed by atoms with E-state index in [-0.39, 0.29) is 5.41 Å². The van der Waals surface area contributed by atoms with Crippen LogP contribution in [0, 0.1) is 6.92 Å². The fraction of sp³-hybridized carbons (Fsp3) is 0.429. The summed E-state index contributed by atoms with van der Waals surface area (Å²) in [6.07, 6.45) is 0. The molecule has 0 fully saturated rings. The zero-order valence-electron chi connectivity index (χ0n) is 11.8. The Morgan fingerprint density at radius 1 is 1.32 bits per heavy atom. The van der Waals surface area contributed by atoms with Crippen molar-refractivity contribution in [2.24, 2.45) is 0 Å². The molecule has 4 nitrogen and oxygen atoms in total. The Kier molecular flexibility index (Phi) is 3.75. The Morgan fingerprint density at radius 2 is 2.05 bits per heavy atom. The number of aromatic nitrogens is 2. The summed E-state index contributed by atoms with van der Waals surface area (Å²) in [7, 11) is 0. The maximum Gasteiger partial charge on any atom is 0.138 e. The highest BCUT2D eigenvalue weighted by Gasteiger charge is 2.18. The van der Waals surface area contributed by atoms with Crippen molar-refractivity contribution in [2.75, 3.05) is 11.1 Å². The molecule has 19 heavy (non-hydrogen) atoms. The van der Waals surface area contributed by atoms with Crippen molar-refractivity contribution in [2.45, 2.75) is 39.7 Å². The maximum absolute atomic E-state index is 5.85. The molecule has 0 spiro atoms. The summed E-state index contributed by atoms with van der Waals surface area (Å²) in [6.45, 7) is 9.12. The van der Waals surface area contributed by atoms with Gasteiger partial charge in [0.15, 0.2) is 0 Å². The van der Waals surface area contributed by atoms with E-state index in [0.717, 1.165) is 18.2 Å². The summed E-state index contributed by atoms with van der Waals surface area (Å²) in [5.41, 5.74) is 7.04. The fourth-order valence-electron chi connectivity index (χ4n) is 1.65. The number of anilines is 2. The first-order valence-electron chi connectivity index (χ1n) is 6.28. The molecule has 0 amide bonds. The Hall–Kier alpha value is -1.62. The molecule has 2 rings (SSSR count). The van der Waals surface area contributed by atoms with Crippen LogP contribution in [-0.4, -0.2) is 9.97 Å². The second kappa shape index (κ2) is 5.17. The smallest absolute Gasteiger partial charge is 0.138 e. The van der Waals surface area contributed by atoms with Gasteiger partial charge >= 0.3 is 0 Å². The Balaban J connectivity index is 2.17. The number of nitrogen functional groups attached to an aromatic ring is 1. The molecule has 0 aliphatic rings. The molecule has 0 aromatic carbocycles. The summed E-state index contributed by atoms with van der Waals surface area (Å²) >= 11 is 1.75. The molecule has 5 heteroatoms. The molecule has 102 valence electrons. The average Bonchev–Trinajstić information content (AvgIpc) is 2.70. The molecule has 0 saturated heterocycles. The topological polar surface area (TPSA) is 63.8 Å². The van der Waals surface area contributed by atoms with Crippen LogP contribution in [0.5, 0.6) is 0 Å². The van der Waals surface area contributed by atoms with E-state index in [2.05, 4.69) is 54.4 Å². The molecule has 0 radical (unpaired) electrons. The fourth-order valence-corrected chi connectivity index (χ4v) is 2.49. The number of rotatable bonds is 3. The molecule has 0 atom stereocenters. The molecule has 2 aromatic rings. The SMILES string of the molecule is Cc1ccsc1CNc1cc(N)nc(C(C)(C)C)n1. The number of hydrogen-bond donors (Lipinski definition) is 2. The van der Waals surface area contributed by atoms with Crippen molar-refractivity contribution >= 4 is 23.0 Å². The molecular formula is C14H20N4S. The molecular weight excluding hydrogens is 256 g/mol. The van der Waals surface area contributed by atoms with Crippen LogP contribution in [0.25, 0.3) is 0 Å². The van der Waals surface area contributed by atoms with Gasteiger partial charge in [-0.2, -0.15) is 0 Å². The summed E-state index contributed by atoms with van der Waals surface area (Å²) < 4.78 is 0. The highest BCUT2D eigenvalue weighted by molar-refractivity contribution is 7.10. The van der Waals surface area contributed by atoms with Gasteiger partial charge in [0.05, 0.1) is 6.54 Å². The minimum Gasteiger partial charge on any atom is -0.384 e. The van der Waals surface area contributed by atoms with Crippen molar-refractivity contribution in [3.63, 3.8) is 0 Å². The van der Waals surface area contributed by atoms with Gasteiger partial charge in [0.2, 0.25) is 0 Å². The lowest BCUT2D eigenvalue weighted by atomic mass is 9.96. The molecule has 2 aromatic heterocycles. The first-order valence-corrected chi connectivity index (χ1v) is 7.16. The summed E-state index contributed by atoms with van der Waals surface area (Å²) in [5, 5.41) is 5.42. The van der Waals surface area contributed by atoms with E-state index in [9.17, 15) is 0 Å². The Bertz CT molecular complexity index is 569. The highest BCUT2D eigenvalue weighted by Crippen LogP contribution is 2.22. The molecule has 0 bridgehead atoms. The lowest BCUT2D eigenvalue weighted by molar-refractivity contribution is 0.547. The van der Waals surface area contributed by atoms with Crippen LogP contribution >= 0.6 is 11.3 Å². The van der Waals surface area contributed by atoms with E-state index in [1.165, 1.54) is 10.4 Å². The molecule has 2 heterocycles. The molecule has 0 saturated carbocycles. The van der Waals surface area contributed by atoms with E-state index in [4.69, 9.17) is 5.73 Å².